The average molecular weight is 387 g/mol. The molecule has 1 saturated carbocycles. The van der Waals surface area contributed by atoms with Crippen molar-refractivity contribution in [1.29, 1.82) is 0 Å². The maximum Gasteiger partial charge on any atom is 0.306 e. The Morgan fingerprint density at radius 3 is 2.78 bits per heavy atom. The molecule has 27 heavy (non-hydrogen) atoms. The molecular weight excluding hydrogens is 351 g/mol. The predicted molar refractivity (Wildman–Crippen MR) is 101 cm³/mol. The van der Waals surface area contributed by atoms with Crippen molar-refractivity contribution in [3.05, 3.63) is 12.2 Å². The number of ether oxygens (including phenoxy) is 3. The number of allylic oxidation sites excluding steroid dienone is 2. The first-order valence-electron chi connectivity index (χ1n) is 10.4. The van der Waals surface area contributed by atoms with E-state index in [0.29, 0.717) is 25.9 Å². The Morgan fingerprint density at radius 2 is 2.11 bits per heavy atom. The van der Waals surface area contributed by atoms with Crippen LogP contribution in [0.4, 0.5) is 4.39 Å². The van der Waals surface area contributed by atoms with Gasteiger partial charge in [0, 0.05) is 32.0 Å². The molecule has 5 atom stereocenters. The second-order valence-corrected chi connectivity index (χ2v) is 7.87. The zero-order valence-electron chi connectivity index (χ0n) is 16.6. The van der Waals surface area contributed by atoms with Crippen LogP contribution in [0.15, 0.2) is 12.2 Å². The monoisotopic (exact) mass is 386 g/mol. The molecule has 1 aliphatic carbocycles. The lowest BCUT2D eigenvalue weighted by Crippen LogP contribution is -2.31. The van der Waals surface area contributed by atoms with E-state index in [0.717, 1.165) is 32.1 Å². The molecule has 0 aromatic carbocycles. The van der Waals surface area contributed by atoms with E-state index < -0.39 is 6.17 Å². The molecule has 1 saturated heterocycles. The van der Waals surface area contributed by atoms with E-state index in [-0.39, 0.29) is 42.9 Å². The minimum absolute atomic E-state index is 0.0438. The summed E-state index contributed by atoms with van der Waals surface area (Å²) in [5, 5.41) is 9.60. The summed E-state index contributed by atoms with van der Waals surface area (Å²) in [4.78, 5) is 11.5. The van der Waals surface area contributed by atoms with Gasteiger partial charge in [0.2, 0.25) is 0 Å². The number of halogens is 1. The van der Waals surface area contributed by atoms with Crippen LogP contribution < -0.4 is 0 Å². The van der Waals surface area contributed by atoms with Crippen LogP contribution in [0.2, 0.25) is 0 Å². The predicted octanol–water partition coefficient (Wildman–Crippen LogP) is 3.93. The van der Waals surface area contributed by atoms with E-state index in [4.69, 9.17) is 14.2 Å². The first-order chi connectivity index (χ1) is 13.0. The maximum absolute atomic E-state index is 14.3. The summed E-state index contributed by atoms with van der Waals surface area (Å²) >= 11 is 0. The van der Waals surface area contributed by atoms with Gasteiger partial charge in [0.15, 0.2) is 6.29 Å². The molecule has 0 amide bonds. The number of alkyl halides is 1. The van der Waals surface area contributed by atoms with E-state index in [1.54, 1.807) is 0 Å². The van der Waals surface area contributed by atoms with E-state index in [1.807, 2.05) is 26.0 Å². The summed E-state index contributed by atoms with van der Waals surface area (Å²) < 4.78 is 31.1. The first kappa shape index (κ1) is 22.3. The Kier molecular flexibility index (Phi) is 9.73. The van der Waals surface area contributed by atoms with Crippen LogP contribution in [-0.2, 0) is 19.0 Å². The third-order valence-corrected chi connectivity index (χ3v) is 5.32. The van der Waals surface area contributed by atoms with Crippen molar-refractivity contribution in [3.63, 3.8) is 0 Å². The van der Waals surface area contributed by atoms with E-state index in [2.05, 4.69) is 0 Å². The van der Waals surface area contributed by atoms with Gasteiger partial charge in [-0.05, 0) is 58.3 Å². The highest BCUT2D eigenvalue weighted by molar-refractivity contribution is 5.69. The van der Waals surface area contributed by atoms with Gasteiger partial charge in [-0.2, -0.15) is 0 Å². The van der Waals surface area contributed by atoms with Gasteiger partial charge < -0.3 is 19.3 Å². The molecule has 0 aromatic rings. The fourth-order valence-corrected chi connectivity index (χ4v) is 3.92. The number of aliphatic hydroxyl groups excluding tert-OH is 1. The van der Waals surface area contributed by atoms with Crippen molar-refractivity contribution in [3.8, 4) is 0 Å². The second kappa shape index (κ2) is 11.8. The molecule has 1 heterocycles. The molecule has 5 nitrogen and oxygen atoms in total. The van der Waals surface area contributed by atoms with Gasteiger partial charge in [0.1, 0.15) is 6.17 Å². The lowest BCUT2D eigenvalue weighted by molar-refractivity contribution is -0.196. The molecule has 1 aliphatic heterocycles. The van der Waals surface area contributed by atoms with Crippen LogP contribution in [-0.4, -0.2) is 49.0 Å². The van der Waals surface area contributed by atoms with Gasteiger partial charge in [-0.3, -0.25) is 4.79 Å². The minimum Gasteiger partial charge on any atom is -0.463 e. The third-order valence-electron chi connectivity index (χ3n) is 5.32. The number of esters is 1. The van der Waals surface area contributed by atoms with Crippen LogP contribution in [0.5, 0.6) is 0 Å². The molecule has 0 aromatic heterocycles. The van der Waals surface area contributed by atoms with Crippen LogP contribution >= 0.6 is 0 Å². The quantitative estimate of drug-likeness (QED) is 0.350. The van der Waals surface area contributed by atoms with Crippen molar-refractivity contribution in [2.45, 2.75) is 89.9 Å². The molecular formula is C21H35FO5. The van der Waals surface area contributed by atoms with E-state index in [9.17, 15) is 14.3 Å². The van der Waals surface area contributed by atoms with Crippen LogP contribution in [0.3, 0.4) is 0 Å². The van der Waals surface area contributed by atoms with Crippen molar-refractivity contribution in [2.75, 3.05) is 13.2 Å². The van der Waals surface area contributed by atoms with Gasteiger partial charge in [0.25, 0.3) is 0 Å². The van der Waals surface area contributed by atoms with Gasteiger partial charge in [-0.15, -0.1) is 0 Å². The SMILES string of the molecule is CC(C)OC(=O)CCCC=CC[C@@H]1[C@@H](CO)[C@@H](F)C[C@@H]1OC1CCCCO1. The standard InChI is InChI=1S/C21H35FO5/c1-15(2)26-20(24)10-6-4-3-5-9-16-17(14-23)18(22)13-19(16)27-21-11-7-8-12-25-21/h3,5,15-19,21,23H,4,6-14H2,1-2H3/t16-,17-,18+,19+,21?/m1/s1. The zero-order chi connectivity index (χ0) is 19.6. The number of rotatable bonds is 10. The van der Waals surface area contributed by atoms with Gasteiger partial charge in [-0.1, -0.05) is 12.2 Å². The highest BCUT2D eigenvalue weighted by Crippen LogP contribution is 2.40. The molecule has 1 N–H and O–H groups in total. The Bertz CT molecular complexity index is 461. The summed E-state index contributed by atoms with van der Waals surface area (Å²) in [6.45, 7) is 4.22. The molecule has 0 radical (unpaired) electrons. The number of hydrogen-bond donors (Lipinski definition) is 1. The molecule has 2 aliphatic rings. The fourth-order valence-electron chi connectivity index (χ4n) is 3.92. The number of carbonyl (C=O) groups is 1. The highest BCUT2D eigenvalue weighted by Gasteiger charge is 2.44. The third kappa shape index (κ3) is 7.51. The number of aliphatic hydroxyl groups is 1. The van der Waals surface area contributed by atoms with Crippen molar-refractivity contribution in [2.24, 2.45) is 11.8 Å². The Hall–Kier alpha value is -0.980. The van der Waals surface area contributed by atoms with Crippen LogP contribution in [0.1, 0.15) is 65.2 Å². The molecule has 1 unspecified atom stereocenters. The van der Waals surface area contributed by atoms with Crippen molar-refractivity contribution in [1.82, 2.24) is 0 Å². The smallest absolute Gasteiger partial charge is 0.306 e. The Balaban J connectivity index is 1.76. The first-order valence-corrected chi connectivity index (χ1v) is 10.4. The van der Waals surface area contributed by atoms with Gasteiger partial charge in [0.05, 0.1) is 12.2 Å². The van der Waals surface area contributed by atoms with E-state index in [1.165, 1.54) is 0 Å². The summed E-state index contributed by atoms with van der Waals surface area (Å²) in [5.74, 6) is -0.599. The van der Waals surface area contributed by atoms with Gasteiger partial charge in [-0.25, -0.2) is 4.39 Å². The van der Waals surface area contributed by atoms with Crippen molar-refractivity contribution >= 4 is 5.97 Å². The number of carbonyl (C=O) groups excluding carboxylic acids is 1. The average Bonchev–Trinajstić information content (AvgIpc) is 2.92. The largest absolute Gasteiger partial charge is 0.463 e. The van der Waals surface area contributed by atoms with Crippen LogP contribution in [0.25, 0.3) is 0 Å². The maximum atomic E-state index is 14.3. The summed E-state index contributed by atoms with van der Waals surface area (Å²) in [5.41, 5.74) is 0. The summed E-state index contributed by atoms with van der Waals surface area (Å²) in [7, 11) is 0. The lowest BCUT2D eigenvalue weighted by Gasteiger charge is -2.29. The zero-order valence-corrected chi connectivity index (χ0v) is 16.6. The topological polar surface area (TPSA) is 65.0 Å². The fraction of sp³-hybridized carbons (Fsp3) is 0.857. The molecule has 6 heteroatoms. The normalized spacial score (nSPS) is 31.7. The number of hydrogen-bond acceptors (Lipinski definition) is 5. The molecule has 0 spiro atoms. The van der Waals surface area contributed by atoms with Crippen LogP contribution in [0, 0.1) is 11.8 Å². The Labute approximate surface area is 162 Å². The van der Waals surface area contributed by atoms with Crippen molar-refractivity contribution < 1.29 is 28.5 Å². The molecule has 156 valence electrons. The molecule has 2 rings (SSSR count). The second-order valence-electron chi connectivity index (χ2n) is 7.87. The van der Waals surface area contributed by atoms with E-state index >= 15 is 0 Å². The Morgan fingerprint density at radius 1 is 1.30 bits per heavy atom. The highest BCUT2D eigenvalue weighted by atomic mass is 19.1. The number of unbranched alkanes of at least 4 members (excludes halogenated alkanes) is 1. The minimum atomic E-state index is -1.03. The van der Waals surface area contributed by atoms with Gasteiger partial charge >= 0.3 is 5.97 Å². The molecule has 2 fully saturated rings. The summed E-state index contributed by atoms with van der Waals surface area (Å²) in [6.07, 6.45) is 8.36. The summed E-state index contributed by atoms with van der Waals surface area (Å²) in [6, 6.07) is 0. The lowest BCUT2D eigenvalue weighted by atomic mass is 9.91. The molecule has 0 bridgehead atoms.